The maximum atomic E-state index is 12.0. The Kier molecular flexibility index (Phi) is 4.34. The van der Waals surface area contributed by atoms with Crippen molar-refractivity contribution in [3.05, 3.63) is 45.5 Å². The number of carbonyl (C=O) groups excluding carboxylic acids is 1. The Morgan fingerprint density at radius 1 is 1.26 bits per heavy atom. The van der Waals surface area contributed by atoms with E-state index in [0.717, 1.165) is 0 Å². The molecule has 0 bridgehead atoms. The van der Waals surface area contributed by atoms with Crippen molar-refractivity contribution in [1.29, 1.82) is 0 Å². The highest BCUT2D eigenvalue weighted by atomic mass is 79.9. The number of aromatic nitrogens is 2. The molecule has 0 unspecified atom stereocenters. The molecule has 5 nitrogen and oxygen atoms in total. The van der Waals surface area contributed by atoms with Crippen molar-refractivity contribution in [2.45, 2.75) is 0 Å². The Bertz CT molecular complexity index is 603. The molecule has 0 radical (unpaired) electrons. The number of amides is 1. The smallest absolute Gasteiger partial charge is 0.276 e. The largest absolute Gasteiger partial charge is 0.372 e. The summed E-state index contributed by atoms with van der Waals surface area (Å²) in [5.41, 5.74) is 0.856. The van der Waals surface area contributed by atoms with E-state index in [1.54, 1.807) is 37.4 Å². The molecule has 1 amide bonds. The summed E-state index contributed by atoms with van der Waals surface area (Å²) in [6.45, 7) is 0. The number of rotatable bonds is 3. The molecule has 2 rings (SSSR count). The molecule has 0 aliphatic rings. The van der Waals surface area contributed by atoms with E-state index in [-0.39, 0.29) is 11.6 Å². The lowest BCUT2D eigenvalue weighted by molar-refractivity contribution is 0.102. The third-order valence-electron chi connectivity index (χ3n) is 2.33. The monoisotopic (exact) mass is 340 g/mol. The number of nitrogens with one attached hydrogen (secondary N) is 2. The second kappa shape index (κ2) is 5.99. The Labute approximate surface area is 123 Å². The molecule has 2 aromatic rings. The minimum atomic E-state index is -0.335. The van der Waals surface area contributed by atoms with E-state index in [2.05, 4.69) is 36.8 Å². The lowest BCUT2D eigenvalue weighted by atomic mass is 10.3. The van der Waals surface area contributed by atoms with Gasteiger partial charge in [0.25, 0.3) is 5.91 Å². The van der Waals surface area contributed by atoms with Crippen molar-refractivity contribution in [2.24, 2.45) is 0 Å². The summed E-state index contributed by atoms with van der Waals surface area (Å²) in [7, 11) is 1.73. The number of anilines is 2. The normalized spacial score (nSPS) is 10.1. The third kappa shape index (κ3) is 3.42. The maximum absolute atomic E-state index is 12.0. The van der Waals surface area contributed by atoms with Crippen LogP contribution in [0.15, 0.2) is 34.8 Å². The molecular formula is C12H10BrClN4O. The van der Waals surface area contributed by atoms with Gasteiger partial charge in [-0.2, -0.15) is 0 Å². The molecule has 1 aromatic heterocycles. The molecule has 7 heteroatoms. The molecular weight excluding hydrogens is 332 g/mol. The summed E-state index contributed by atoms with van der Waals surface area (Å²) in [5.74, 6) is 0.266. The topological polar surface area (TPSA) is 66.9 Å². The molecule has 0 fully saturated rings. The first-order valence-corrected chi connectivity index (χ1v) is 6.55. The predicted octanol–water partition coefficient (Wildman–Crippen LogP) is 3.19. The van der Waals surface area contributed by atoms with Crippen molar-refractivity contribution in [1.82, 2.24) is 10.2 Å². The van der Waals surface area contributed by atoms with Crippen LogP contribution in [0.1, 0.15) is 10.5 Å². The number of halogens is 2. The second-order valence-electron chi connectivity index (χ2n) is 3.63. The van der Waals surface area contributed by atoms with Crippen LogP contribution in [0.3, 0.4) is 0 Å². The number of hydrogen-bond donors (Lipinski definition) is 2. The summed E-state index contributed by atoms with van der Waals surface area (Å²) in [5, 5.41) is 13.8. The Hall–Kier alpha value is -1.66. The van der Waals surface area contributed by atoms with Crippen LogP contribution in [0.2, 0.25) is 5.02 Å². The predicted molar refractivity (Wildman–Crippen MR) is 78.7 cm³/mol. The van der Waals surface area contributed by atoms with E-state index in [0.29, 0.717) is 21.0 Å². The first kappa shape index (κ1) is 13.8. The molecule has 1 heterocycles. The standard InChI is InChI=1S/C12H10BrClN4O/c1-15-11-5-4-10(17-18-11)12(19)16-9-3-2-7(14)6-8(9)13/h2-6H,1H3,(H,15,18)(H,16,19). The minimum Gasteiger partial charge on any atom is -0.372 e. The summed E-state index contributed by atoms with van der Waals surface area (Å²) in [6, 6.07) is 8.38. The van der Waals surface area contributed by atoms with Crippen LogP contribution in [0, 0.1) is 0 Å². The molecule has 1 aromatic carbocycles. The van der Waals surface area contributed by atoms with Crippen LogP contribution < -0.4 is 10.6 Å². The SMILES string of the molecule is CNc1ccc(C(=O)Nc2ccc(Cl)cc2Br)nn1. The zero-order valence-electron chi connectivity index (χ0n) is 9.95. The van der Waals surface area contributed by atoms with E-state index < -0.39 is 0 Å². The highest BCUT2D eigenvalue weighted by Gasteiger charge is 2.10. The lowest BCUT2D eigenvalue weighted by Gasteiger charge is -2.07. The van der Waals surface area contributed by atoms with Gasteiger partial charge in [-0.25, -0.2) is 0 Å². The number of carbonyl (C=O) groups is 1. The minimum absolute atomic E-state index is 0.237. The van der Waals surface area contributed by atoms with Crippen molar-refractivity contribution < 1.29 is 4.79 Å². The highest BCUT2D eigenvalue weighted by molar-refractivity contribution is 9.10. The van der Waals surface area contributed by atoms with E-state index >= 15 is 0 Å². The van der Waals surface area contributed by atoms with Gasteiger partial charge in [-0.1, -0.05) is 11.6 Å². The number of nitrogens with zero attached hydrogens (tertiary/aromatic N) is 2. The van der Waals surface area contributed by atoms with Gasteiger partial charge < -0.3 is 10.6 Å². The van der Waals surface area contributed by atoms with E-state index in [1.165, 1.54) is 0 Å². The fraction of sp³-hybridized carbons (Fsp3) is 0.0833. The number of hydrogen-bond acceptors (Lipinski definition) is 4. The van der Waals surface area contributed by atoms with Gasteiger partial charge in [0.1, 0.15) is 5.82 Å². The highest BCUT2D eigenvalue weighted by Crippen LogP contribution is 2.26. The molecule has 98 valence electrons. The van der Waals surface area contributed by atoms with E-state index in [9.17, 15) is 4.79 Å². The van der Waals surface area contributed by atoms with Gasteiger partial charge in [0.2, 0.25) is 0 Å². The summed E-state index contributed by atoms with van der Waals surface area (Å²) < 4.78 is 0.702. The zero-order valence-corrected chi connectivity index (χ0v) is 12.3. The van der Waals surface area contributed by atoms with Gasteiger partial charge in [0, 0.05) is 16.5 Å². The summed E-state index contributed by atoms with van der Waals surface area (Å²) in [4.78, 5) is 12.0. The van der Waals surface area contributed by atoms with Gasteiger partial charge >= 0.3 is 0 Å². The molecule has 2 N–H and O–H groups in total. The molecule has 0 saturated heterocycles. The van der Waals surface area contributed by atoms with Gasteiger partial charge in [-0.3, -0.25) is 4.79 Å². The van der Waals surface area contributed by atoms with E-state index in [4.69, 9.17) is 11.6 Å². The first-order chi connectivity index (χ1) is 9.10. The van der Waals surface area contributed by atoms with Crippen LogP contribution in [0.4, 0.5) is 11.5 Å². The van der Waals surface area contributed by atoms with Crippen LogP contribution in [0.25, 0.3) is 0 Å². The molecule has 19 heavy (non-hydrogen) atoms. The summed E-state index contributed by atoms with van der Waals surface area (Å²) in [6.07, 6.45) is 0. The van der Waals surface area contributed by atoms with Crippen LogP contribution in [-0.2, 0) is 0 Å². The fourth-order valence-corrected chi connectivity index (χ4v) is 2.15. The van der Waals surface area contributed by atoms with Gasteiger partial charge in [-0.15, -0.1) is 10.2 Å². The summed E-state index contributed by atoms with van der Waals surface area (Å²) >= 11 is 9.16. The molecule has 0 spiro atoms. The average Bonchev–Trinajstić information content (AvgIpc) is 2.42. The van der Waals surface area contributed by atoms with Crippen molar-refractivity contribution in [2.75, 3.05) is 17.7 Å². The van der Waals surface area contributed by atoms with Gasteiger partial charge in [0.05, 0.1) is 5.69 Å². The molecule has 0 aliphatic heterocycles. The quantitative estimate of drug-likeness (QED) is 0.900. The zero-order chi connectivity index (χ0) is 13.8. The van der Waals surface area contributed by atoms with Crippen molar-refractivity contribution in [3.63, 3.8) is 0 Å². The molecule has 0 atom stereocenters. The molecule has 0 saturated carbocycles. The van der Waals surface area contributed by atoms with Gasteiger partial charge in [-0.05, 0) is 46.3 Å². The maximum Gasteiger partial charge on any atom is 0.276 e. The van der Waals surface area contributed by atoms with Crippen LogP contribution in [0.5, 0.6) is 0 Å². The number of benzene rings is 1. The Morgan fingerprint density at radius 2 is 2.05 bits per heavy atom. The van der Waals surface area contributed by atoms with Crippen LogP contribution in [-0.4, -0.2) is 23.2 Å². The third-order valence-corrected chi connectivity index (χ3v) is 3.22. The van der Waals surface area contributed by atoms with Crippen molar-refractivity contribution >= 4 is 44.9 Å². The second-order valence-corrected chi connectivity index (χ2v) is 4.92. The van der Waals surface area contributed by atoms with Crippen LogP contribution >= 0.6 is 27.5 Å². The fourth-order valence-electron chi connectivity index (χ4n) is 1.36. The molecule has 0 aliphatic carbocycles. The van der Waals surface area contributed by atoms with Crippen molar-refractivity contribution in [3.8, 4) is 0 Å². The average molecular weight is 342 g/mol. The first-order valence-electron chi connectivity index (χ1n) is 5.38. The Morgan fingerprint density at radius 3 is 2.63 bits per heavy atom. The lowest BCUT2D eigenvalue weighted by Crippen LogP contribution is -2.14. The van der Waals surface area contributed by atoms with E-state index in [1.807, 2.05) is 0 Å². The van der Waals surface area contributed by atoms with Gasteiger partial charge in [0.15, 0.2) is 5.69 Å². The Balaban J connectivity index is 2.15.